The molecule has 5 saturated carbocycles. The van der Waals surface area contributed by atoms with Crippen LogP contribution < -0.4 is 0 Å². The van der Waals surface area contributed by atoms with Crippen LogP contribution in [0.4, 0.5) is 0 Å². The van der Waals surface area contributed by atoms with Crippen LogP contribution in [-0.4, -0.2) is 23.4 Å². The molecule has 180 valence electrons. The maximum absolute atomic E-state index is 10.9. The van der Waals surface area contributed by atoms with Gasteiger partial charge in [-0.2, -0.15) is 0 Å². The first-order chi connectivity index (χ1) is 14.9. The van der Waals surface area contributed by atoms with E-state index in [0.717, 1.165) is 30.1 Å². The standard InChI is InChI=1S/C30H48O2/c1-18(2)14-20-15-19(3)25-21(32-20)16-28(7)23-9-8-22-26(4,5)24(31)10-11-29(22)17-30(23,29)13-12-27(25,28)6/h14,19-25,31H,8-13,15-17H2,1-7H3. The highest BCUT2D eigenvalue weighted by Crippen LogP contribution is 2.89. The van der Waals surface area contributed by atoms with Crippen LogP contribution in [-0.2, 0) is 4.74 Å². The fourth-order valence-electron chi connectivity index (χ4n) is 11.8. The molecule has 1 N–H and O–H groups in total. The van der Waals surface area contributed by atoms with Crippen molar-refractivity contribution in [1.82, 2.24) is 0 Å². The molecule has 0 bridgehead atoms. The number of ether oxygens (including phenoxy) is 1. The highest BCUT2D eigenvalue weighted by Gasteiger charge is 2.83. The maximum Gasteiger partial charge on any atom is 0.0764 e. The number of aliphatic hydroxyl groups excluding tert-OH is 1. The Morgan fingerprint density at radius 1 is 0.906 bits per heavy atom. The topological polar surface area (TPSA) is 29.5 Å². The molecule has 0 aromatic heterocycles. The first-order valence-electron chi connectivity index (χ1n) is 13.9. The Morgan fingerprint density at radius 3 is 2.31 bits per heavy atom. The van der Waals surface area contributed by atoms with Crippen molar-refractivity contribution >= 4 is 0 Å². The molecular formula is C30H48O2. The van der Waals surface area contributed by atoms with Gasteiger partial charge in [0.15, 0.2) is 0 Å². The molecule has 6 rings (SSSR count). The molecule has 2 nitrogen and oxygen atoms in total. The van der Waals surface area contributed by atoms with Crippen molar-refractivity contribution in [3.8, 4) is 0 Å². The third-order valence-electron chi connectivity index (χ3n) is 13.2. The Labute approximate surface area is 197 Å². The second-order valence-corrected chi connectivity index (χ2v) is 14.8. The molecule has 1 aliphatic heterocycles. The predicted molar refractivity (Wildman–Crippen MR) is 130 cm³/mol. The minimum Gasteiger partial charge on any atom is -0.393 e. The molecule has 2 spiro atoms. The van der Waals surface area contributed by atoms with Gasteiger partial charge in [-0.15, -0.1) is 0 Å². The SMILES string of the molecule is CC(C)=CC1CC(C)C2C(CC3(C)C4CCC5C(C)(C)C(O)CCC56CC46CCC23C)O1. The minimum absolute atomic E-state index is 0.0905. The van der Waals surface area contributed by atoms with Gasteiger partial charge >= 0.3 is 0 Å². The van der Waals surface area contributed by atoms with E-state index in [1.807, 2.05) is 0 Å². The van der Waals surface area contributed by atoms with Crippen molar-refractivity contribution in [2.24, 2.45) is 50.7 Å². The van der Waals surface area contributed by atoms with Gasteiger partial charge in [0.25, 0.3) is 0 Å². The lowest BCUT2D eigenvalue weighted by atomic mass is 9.41. The molecule has 2 heteroatoms. The van der Waals surface area contributed by atoms with E-state index in [0.29, 0.717) is 33.9 Å². The van der Waals surface area contributed by atoms with Crippen LogP contribution in [0.25, 0.3) is 0 Å². The minimum atomic E-state index is -0.104. The molecule has 6 aliphatic rings. The van der Waals surface area contributed by atoms with Gasteiger partial charge in [-0.05, 0) is 122 Å². The van der Waals surface area contributed by atoms with Crippen molar-refractivity contribution in [1.29, 1.82) is 0 Å². The van der Waals surface area contributed by atoms with Crippen molar-refractivity contribution in [2.45, 2.75) is 125 Å². The summed E-state index contributed by atoms with van der Waals surface area (Å²) in [7, 11) is 0. The number of aliphatic hydroxyl groups is 1. The zero-order valence-electron chi connectivity index (χ0n) is 21.8. The molecule has 0 amide bonds. The van der Waals surface area contributed by atoms with Gasteiger partial charge < -0.3 is 9.84 Å². The number of allylic oxidation sites excluding steroid dienone is 1. The summed E-state index contributed by atoms with van der Waals surface area (Å²) in [5.74, 6) is 3.07. The lowest BCUT2D eigenvalue weighted by Crippen LogP contribution is -2.57. The highest BCUT2D eigenvalue weighted by molar-refractivity contribution is 5.31. The van der Waals surface area contributed by atoms with E-state index in [2.05, 4.69) is 54.5 Å². The fourth-order valence-corrected chi connectivity index (χ4v) is 11.8. The monoisotopic (exact) mass is 440 g/mol. The number of rotatable bonds is 1. The molecule has 0 aromatic rings. The van der Waals surface area contributed by atoms with Gasteiger partial charge in [0.05, 0.1) is 18.3 Å². The maximum atomic E-state index is 10.9. The molecule has 32 heavy (non-hydrogen) atoms. The second kappa shape index (κ2) is 6.45. The van der Waals surface area contributed by atoms with Gasteiger partial charge in [-0.3, -0.25) is 0 Å². The molecule has 1 saturated heterocycles. The molecule has 0 aromatic carbocycles. The lowest BCUT2D eigenvalue weighted by Gasteiger charge is -2.63. The van der Waals surface area contributed by atoms with Gasteiger partial charge in [-0.1, -0.05) is 46.3 Å². The zero-order valence-corrected chi connectivity index (χ0v) is 21.8. The van der Waals surface area contributed by atoms with E-state index in [1.165, 1.54) is 56.9 Å². The summed E-state index contributed by atoms with van der Waals surface area (Å²) >= 11 is 0. The highest BCUT2D eigenvalue weighted by atomic mass is 16.5. The third kappa shape index (κ3) is 2.40. The molecule has 1 heterocycles. The van der Waals surface area contributed by atoms with Crippen LogP contribution in [0, 0.1) is 50.7 Å². The lowest BCUT2D eigenvalue weighted by molar-refractivity contribution is -0.165. The Bertz CT molecular complexity index is 840. The van der Waals surface area contributed by atoms with Gasteiger partial charge in [0.2, 0.25) is 0 Å². The summed E-state index contributed by atoms with van der Waals surface area (Å²) in [6, 6.07) is 0. The first kappa shape index (κ1) is 22.1. The van der Waals surface area contributed by atoms with E-state index in [-0.39, 0.29) is 11.5 Å². The van der Waals surface area contributed by atoms with E-state index in [1.54, 1.807) is 0 Å². The smallest absolute Gasteiger partial charge is 0.0764 e. The van der Waals surface area contributed by atoms with Crippen molar-refractivity contribution < 1.29 is 9.84 Å². The molecular weight excluding hydrogens is 392 g/mol. The molecule has 0 radical (unpaired) electrons. The summed E-state index contributed by atoms with van der Waals surface area (Å²) in [6.07, 6.45) is 14.9. The predicted octanol–water partition coefficient (Wildman–Crippen LogP) is 7.16. The number of hydrogen-bond acceptors (Lipinski definition) is 2. The number of hydrogen-bond donors (Lipinski definition) is 1. The molecule has 6 fully saturated rings. The van der Waals surface area contributed by atoms with E-state index < -0.39 is 0 Å². The Kier molecular flexibility index (Phi) is 4.46. The average molecular weight is 441 g/mol. The fraction of sp³-hybridized carbons (Fsp3) is 0.933. The first-order valence-corrected chi connectivity index (χ1v) is 13.9. The summed E-state index contributed by atoms with van der Waals surface area (Å²) < 4.78 is 6.88. The Morgan fingerprint density at radius 2 is 1.59 bits per heavy atom. The largest absolute Gasteiger partial charge is 0.393 e. The molecule has 11 unspecified atom stereocenters. The molecule has 11 atom stereocenters. The Hall–Kier alpha value is -0.340. The van der Waals surface area contributed by atoms with E-state index in [9.17, 15) is 5.11 Å². The summed E-state index contributed by atoms with van der Waals surface area (Å²) in [5, 5.41) is 10.9. The quantitative estimate of drug-likeness (QED) is 0.438. The van der Waals surface area contributed by atoms with Crippen LogP contribution in [0.1, 0.15) is 106 Å². The van der Waals surface area contributed by atoms with Crippen molar-refractivity contribution in [3.05, 3.63) is 11.6 Å². The third-order valence-corrected chi connectivity index (χ3v) is 13.2. The second-order valence-electron chi connectivity index (χ2n) is 14.8. The van der Waals surface area contributed by atoms with Crippen LogP contribution in [0.5, 0.6) is 0 Å². The summed E-state index contributed by atoms with van der Waals surface area (Å²) in [6.45, 7) is 17.1. The van der Waals surface area contributed by atoms with Crippen LogP contribution >= 0.6 is 0 Å². The van der Waals surface area contributed by atoms with Crippen molar-refractivity contribution in [3.63, 3.8) is 0 Å². The molecule has 5 aliphatic carbocycles. The average Bonchev–Trinajstić information content (AvgIpc) is 3.29. The van der Waals surface area contributed by atoms with Crippen LogP contribution in [0.15, 0.2) is 11.6 Å². The van der Waals surface area contributed by atoms with E-state index in [4.69, 9.17) is 4.74 Å². The number of fused-ring (bicyclic) bond motifs is 4. The van der Waals surface area contributed by atoms with Gasteiger partial charge in [0.1, 0.15) is 0 Å². The van der Waals surface area contributed by atoms with Gasteiger partial charge in [-0.25, -0.2) is 0 Å². The zero-order chi connectivity index (χ0) is 22.9. The van der Waals surface area contributed by atoms with Gasteiger partial charge in [0, 0.05) is 0 Å². The van der Waals surface area contributed by atoms with Crippen molar-refractivity contribution in [2.75, 3.05) is 0 Å². The van der Waals surface area contributed by atoms with E-state index >= 15 is 0 Å². The summed E-state index contributed by atoms with van der Waals surface area (Å²) in [5.41, 5.74) is 3.42. The van der Waals surface area contributed by atoms with Crippen LogP contribution in [0.3, 0.4) is 0 Å². The normalized spacial score (nSPS) is 59.7. The van der Waals surface area contributed by atoms with Crippen LogP contribution in [0.2, 0.25) is 0 Å². The summed E-state index contributed by atoms with van der Waals surface area (Å²) in [4.78, 5) is 0. The Balaban J connectivity index is 1.35.